The molecule has 0 atom stereocenters. The van der Waals surface area contributed by atoms with Gasteiger partial charge in [-0.15, -0.1) is 0 Å². The number of nitrogens with zero attached hydrogens (tertiary/aromatic N) is 1. The molecule has 172 valence electrons. The maximum atomic E-state index is 13.1. The van der Waals surface area contributed by atoms with Crippen LogP contribution in [0.3, 0.4) is 0 Å². The van der Waals surface area contributed by atoms with Gasteiger partial charge in [0, 0.05) is 0 Å². The first kappa shape index (κ1) is 23.9. The van der Waals surface area contributed by atoms with Crippen molar-refractivity contribution in [2.24, 2.45) is 0 Å². The summed E-state index contributed by atoms with van der Waals surface area (Å²) in [5.74, 6) is -0.352. The second-order valence-corrected chi connectivity index (χ2v) is 7.34. The SMILES string of the molecule is C=CCOc1c(Cl)cc(/C=C2/C(=O)NC(=O)N(c3ccc(OCCC)cc3)C2=O)cc1OC. The van der Waals surface area contributed by atoms with Crippen molar-refractivity contribution in [3.8, 4) is 17.2 Å². The Morgan fingerprint density at radius 2 is 1.85 bits per heavy atom. The van der Waals surface area contributed by atoms with Gasteiger partial charge in [-0.2, -0.15) is 0 Å². The number of benzene rings is 2. The molecule has 0 bridgehead atoms. The monoisotopic (exact) mass is 470 g/mol. The number of methoxy groups -OCH3 is 1. The highest BCUT2D eigenvalue weighted by Gasteiger charge is 2.36. The molecule has 4 amide bonds. The van der Waals surface area contributed by atoms with Crippen LogP contribution in [0.1, 0.15) is 18.9 Å². The third kappa shape index (κ3) is 5.35. The van der Waals surface area contributed by atoms with Crippen molar-refractivity contribution in [3.63, 3.8) is 0 Å². The lowest BCUT2D eigenvalue weighted by Gasteiger charge is -2.26. The number of rotatable bonds is 9. The standard InChI is InChI=1S/C24H23ClN2O6/c1-4-10-32-17-8-6-16(7-9-17)27-23(29)18(22(28)26-24(27)30)12-15-13-19(25)21(33-11-5-2)20(14-15)31-3/h5-9,12-14H,2,4,10-11H2,1,3H3,(H,26,28,30)/b18-12-. The first-order valence-electron chi connectivity index (χ1n) is 10.1. The minimum absolute atomic E-state index is 0.219. The Labute approximate surface area is 196 Å². The van der Waals surface area contributed by atoms with E-state index in [0.29, 0.717) is 35.1 Å². The van der Waals surface area contributed by atoms with E-state index in [2.05, 4.69) is 11.9 Å². The van der Waals surface area contributed by atoms with E-state index in [-0.39, 0.29) is 17.2 Å². The summed E-state index contributed by atoms with van der Waals surface area (Å²) < 4.78 is 16.4. The molecule has 33 heavy (non-hydrogen) atoms. The number of halogens is 1. The third-order valence-electron chi connectivity index (χ3n) is 4.58. The molecule has 0 spiro atoms. The van der Waals surface area contributed by atoms with Crippen molar-refractivity contribution >= 4 is 41.2 Å². The number of ether oxygens (including phenoxy) is 3. The van der Waals surface area contributed by atoms with Crippen molar-refractivity contribution in [3.05, 3.63) is 65.2 Å². The van der Waals surface area contributed by atoms with Gasteiger partial charge in [0.1, 0.15) is 17.9 Å². The molecule has 8 nitrogen and oxygen atoms in total. The quantitative estimate of drug-likeness (QED) is 0.332. The van der Waals surface area contributed by atoms with Gasteiger partial charge in [-0.25, -0.2) is 9.69 Å². The van der Waals surface area contributed by atoms with E-state index in [4.69, 9.17) is 25.8 Å². The molecule has 1 aliphatic heterocycles. The maximum absolute atomic E-state index is 13.1. The van der Waals surface area contributed by atoms with E-state index in [1.807, 2.05) is 6.92 Å². The van der Waals surface area contributed by atoms with Crippen molar-refractivity contribution < 1.29 is 28.6 Å². The molecule has 1 saturated heterocycles. The summed E-state index contributed by atoms with van der Waals surface area (Å²) in [6, 6.07) is 8.70. The fourth-order valence-corrected chi connectivity index (χ4v) is 3.35. The fraction of sp³-hybridized carbons (Fsp3) is 0.208. The fourth-order valence-electron chi connectivity index (χ4n) is 3.08. The molecule has 2 aromatic carbocycles. The topological polar surface area (TPSA) is 94.2 Å². The third-order valence-corrected chi connectivity index (χ3v) is 4.86. The molecule has 3 rings (SSSR count). The predicted octanol–water partition coefficient (Wildman–Crippen LogP) is 4.37. The van der Waals surface area contributed by atoms with Gasteiger partial charge >= 0.3 is 6.03 Å². The first-order valence-corrected chi connectivity index (χ1v) is 10.5. The molecule has 0 radical (unpaired) electrons. The van der Waals surface area contributed by atoms with Crippen molar-refractivity contribution in [2.45, 2.75) is 13.3 Å². The zero-order chi connectivity index (χ0) is 24.0. The number of nitrogens with one attached hydrogen (secondary N) is 1. The van der Waals surface area contributed by atoms with Crippen LogP contribution >= 0.6 is 11.6 Å². The average Bonchev–Trinajstić information content (AvgIpc) is 2.80. The first-order chi connectivity index (χ1) is 15.9. The lowest BCUT2D eigenvalue weighted by molar-refractivity contribution is -0.122. The largest absolute Gasteiger partial charge is 0.494 e. The van der Waals surface area contributed by atoms with Gasteiger partial charge in [0.25, 0.3) is 11.8 Å². The lowest BCUT2D eigenvalue weighted by atomic mass is 10.1. The minimum atomic E-state index is -0.840. The molecule has 0 saturated carbocycles. The average molecular weight is 471 g/mol. The summed E-state index contributed by atoms with van der Waals surface area (Å²) in [5.41, 5.74) is 0.473. The summed E-state index contributed by atoms with van der Waals surface area (Å²) in [5, 5.41) is 2.41. The normalized spacial score (nSPS) is 14.8. The van der Waals surface area contributed by atoms with Crippen LogP contribution in [-0.2, 0) is 9.59 Å². The molecule has 9 heteroatoms. The molecular weight excluding hydrogens is 448 g/mol. The van der Waals surface area contributed by atoms with E-state index in [0.717, 1.165) is 11.3 Å². The van der Waals surface area contributed by atoms with Crippen LogP contribution in [0.15, 0.2) is 54.6 Å². The van der Waals surface area contributed by atoms with Gasteiger partial charge in [0.2, 0.25) is 0 Å². The number of barbiturate groups is 1. The van der Waals surface area contributed by atoms with Gasteiger partial charge in [-0.1, -0.05) is 31.2 Å². The number of imide groups is 2. The Bertz CT molecular complexity index is 1110. The Kier molecular flexibility index (Phi) is 7.74. The summed E-state index contributed by atoms with van der Waals surface area (Å²) >= 11 is 6.31. The summed E-state index contributed by atoms with van der Waals surface area (Å²) in [4.78, 5) is 38.9. The van der Waals surface area contributed by atoms with E-state index >= 15 is 0 Å². The van der Waals surface area contributed by atoms with E-state index < -0.39 is 17.8 Å². The van der Waals surface area contributed by atoms with Crippen LogP contribution in [0.5, 0.6) is 17.2 Å². The number of carbonyl (C=O) groups excluding carboxylic acids is 3. The van der Waals surface area contributed by atoms with Crippen LogP contribution in [0.4, 0.5) is 10.5 Å². The Balaban J connectivity index is 1.93. The molecule has 1 N–H and O–H groups in total. The minimum Gasteiger partial charge on any atom is -0.494 e. The molecule has 0 aromatic heterocycles. The molecule has 1 heterocycles. The summed E-state index contributed by atoms with van der Waals surface area (Å²) in [6.07, 6.45) is 3.74. The Morgan fingerprint density at radius 1 is 1.12 bits per heavy atom. The van der Waals surface area contributed by atoms with Gasteiger partial charge in [-0.3, -0.25) is 14.9 Å². The van der Waals surface area contributed by atoms with Crippen LogP contribution in [0, 0.1) is 0 Å². The zero-order valence-electron chi connectivity index (χ0n) is 18.2. The highest BCUT2D eigenvalue weighted by Crippen LogP contribution is 2.37. The van der Waals surface area contributed by atoms with E-state index in [9.17, 15) is 14.4 Å². The predicted molar refractivity (Wildman–Crippen MR) is 125 cm³/mol. The Morgan fingerprint density at radius 3 is 2.48 bits per heavy atom. The van der Waals surface area contributed by atoms with E-state index in [1.54, 1.807) is 36.4 Å². The van der Waals surface area contributed by atoms with Crippen molar-refractivity contribution in [1.82, 2.24) is 5.32 Å². The molecule has 1 aliphatic rings. The second-order valence-electron chi connectivity index (χ2n) is 6.93. The maximum Gasteiger partial charge on any atom is 0.335 e. The van der Waals surface area contributed by atoms with Crippen molar-refractivity contribution in [1.29, 1.82) is 0 Å². The van der Waals surface area contributed by atoms with Crippen LogP contribution in [0.2, 0.25) is 5.02 Å². The summed E-state index contributed by atoms with van der Waals surface area (Å²) in [7, 11) is 1.44. The van der Waals surface area contributed by atoms with Gasteiger partial charge in [0.05, 0.1) is 24.4 Å². The highest BCUT2D eigenvalue weighted by atomic mass is 35.5. The molecule has 0 unspecified atom stereocenters. The smallest absolute Gasteiger partial charge is 0.335 e. The molecule has 2 aromatic rings. The number of hydrogen-bond acceptors (Lipinski definition) is 6. The zero-order valence-corrected chi connectivity index (χ0v) is 19.0. The van der Waals surface area contributed by atoms with Crippen LogP contribution in [0.25, 0.3) is 6.08 Å². The number of amides is 4. The highest BCUT2D eigenvalue weighted by molar-refractivity contribution is 6.39. The van der Waals surface area contributed by atoms with Gasteiger partial charge in [-0.05, 0) is 54.5 Å². The van der Waals surface area contributed by atoms with E-state index in [1.165, 1.54) is 19.3 Å². The lowest BCUT2D eigenvalue weighted by Crippen LogP contribution is -2.54. The number of carbonyl (C=O) groups is 3. The van der Waals surface area contributed by atoms with Crippen molar-refractivity contribution in [2.75, 3.05) is 25.2 Å². The number of anilines is 1. The summed E-state index contributed by atoms with van der Waals surface area (Å²) in [6.45, 7) is 6.34. The number of urea groups is 1. The van der Waals surface area contributed by atoms with Crippen LogP contribution < -0.4 is 24.4 Å². The number of hydrogen-bond donors (Lipinski definition) is 1. The Hall–Kier alpha value is -3.78. The molecule has 1 fully saturated rings. The van der Waals surface area contributed by atoms with Crippen LogP contribution in [-0.4, -0.2) is 38.2 Å². The molecular formula is C24H23ClN2O6. The van der Waals surface area contributed by atoms with Gasteiger partial charge < -0.3 is 14.2 Å². The van der Waals surface area contributed by atoms with Gasteiger partial charge in [0.15, 0.2) is 11.5 Å². The second kappa shape index (κ2) is 10.7. The molecule has 0 aliphatic carbocycles.